The third-order valence-electron chi connectivity index (χ3n) is 2.28. The first-order valence-corrected chi connectivity index (χ1v) is 5.54. The van der Waals surface area contributed by atoms with Gasteiger partial charge in [0.15, 0.2) is 5.78 Å². The summed E-state index contributed by atoms with van der Waals surface area (Å²) in [6.07, 6.45) is 3.63. The van der Waals surface area contributed by atoms with Gasteiger partial charge >= 0.3 is 0 Å². The Morgan fingerprint density at radius 3 is 2.73 bits per heavy atom. The Bertz CT molecular complexity index is 347. The van der Waals surface area contributed by atoms with Crippen molar-refractivity contribution in [3.05, 3.63) is 28.8 Å². The van der Waals surface area contributed by atoms with Gasteiger partial charge in [-0.15, -0.1) is 0 Å². The maximum absolute atomic E-state index is 11.6. The van der Waals surface area contributed by atoms with E-state index in [1.165, 1.54) is 12.1 Å². The van der Waals surface area contributed by atoms with Crippen LogP contribution < -0.4 is 0 Å². The highest BCUT2D eigenvalue weighted by Crippen LogP contribution is 2.24. The van der Waals surface area contributed by atoms with E-state index in [4.69, 9.17) is 11.6 Å². The van der Waals surface area contributed by atoms with Crippen LogP contribution in [0.2, 0.25) is 5.02 Å². The van der Waals surface area contributed by atoms with Crippen LogP contribution in [0.3, 0.4) is 0 Å². The average molecular weight is 227 g/mol. The topological polar surface area (TPSA) is 37.3 Å². The van der Waals surface area contributed by atoms with Crippen molar-refractivity contribution in [2.75, 3.05) is 0 Å². The Morgan fingerprint density at radius 2 is 2.13 bits per heavy atom. The third kappa shape index (κ3) is 3.56. The van der Waals surface area contributed by atoms with E-state index in [2.05, 4.69) is 6.92 Å². The van der Waals surface area contributed by atoms with Crippen molar-refractivity contribution in [1.82, 2.24) is 0 Å². The molecule has 0 aliphatic rings. The fourth-order valence-corrected chi connectivity index (χ4v) is 1.54. The molecule has 1 aromatic rings. The molecule has 0 heterocycles. The van der Waals surface area contributed by atoms with Gasteiger partial charge < -0.3 is 5.11 Å². The van der Waals surface area contributed by atoms with Crippen molar-refractivity contribution in [3.63, 3.8) is 0 Å². The van der Waals surface area contributed by atoms with Gasteiger partial charge in [-0.2, -0.15) is 0 Å². The first-order chi connectivity index (χ1) is 7.15. The molecule has 0 bridgehead atoms. The SMILES string of the molecule is CCCCCC(=O)c1ccc(O)c(Cl)c1. The van der Waals surface area contributed by atoms with E-state index in [1.807, 2.05) is 0 Å². The quantitative estimate of drug-likeness (QED) is 0.612. The van der Waals surface area contributed by atoms with E-state index in [0.29, 0.717) is 12.0 Å². The summed E-state index contributed by atoms with van der Waals surface area (Å²) in [5.74, 6) is 0.104. The number of phenolic OH excluding ortho intramolecular Hbond substituents is 1. The number of carbonyl (C=O) groups excluding carboxylic acids is 1. The Morgan fingerprint density at radius 1 is 1.40 bits per heavy atom. The number of unbranched alkanes of at least 4 members (excludes halogenated alkanes) is 2. The first kappa shape index (κ1) is 12.1. The van der Waals surface area contributed by atoms with E-state index in [9.17, 15) is 9.90 Å². The van der Waals surface area contributed by atoms with Crippen molar-refractivity contribution in [1.29, 1.82) is 0 Å². The van der Waals surface area contributed by atoms with Crippen LogP contribution in [0.4, 0.5) is 0 Å². The van der Waals surface area contributed by atoms with E-state index >= 15 is 0 Å². The minimum Gasteiger partial charge on any atom is -0.506 e. The van der Waals surface area contributed by atoms with Crippen LogP contribution in [-0.2, 0) is 0 Å². The zero-order chi connectivity index (χ0) is 11.3. The predicted molar refractivity (Wildman–Crippen MR) is 61.6 cm³/mol. The summed E-state index contributed by atoms with van der Waals surface area (Å²) in [7, 11) is 0. The summed E-state index contributed by atoms with van der Waals surface area (Å²) in [5, 5.41) is 9.43. The zero-order valence-corrected chi connectivity index (χ0v) is 9.55. The van der Waals surface area contributed by atoms with Crippen LogP contribution in [0.25, 0.3) is 0 Å². The van der Waals surface area contributed by atoms with Gasteiger partial charge in [-0.1, -0.05) is 31.4 Å². The molecule has 0 spiro atoms. The number of ketones is 1. The lowest BCUT2D eigenvalue weighted by molar-refractivity contribution is 0.0979. The monoisotopic (exact) mass is 226 g/mol. The van der Waals surface area contributed by atoms with Gasteiger partial charge in [0.05, 0.1) is 5.02 Å². The number of phenols is 1. The largest absolute Gasteiger partial charge is 0.506 e. The fourth-order valence-electron chi connectivity index (χ4n) is 1.36. The van der Waals surface area contributed by atoms with Crippen LogP contribution in [0.15, 0.2) is 18.2 Å². The number of rotatable bonds is 5. The zero-order valence-electron chi connectivity index (χ0n) is 8.79. The molecule has 0 aliphatic carbocycles. The number of aromatic hydroxyl groups is 1. The van der Waals surface area contributed by atoms with Gasteiger partial charge in [0.25, 0.3) is 0 Å². The smallest absolute Gasteiger partial charge is 0.162 e. The molecule has 0 saturated heterocycles. The van der Waals surface area contributed by atoms with Crippen LogP contribution in [0.5, 0.6) is 5.75 Å². The lowest BCUT2D eigenvalue weighted by Gasteiger charge is -2.02. The van der Waals surface area contributed by atoms with Crippen molar-refractivity contribution in [2.45, 2.75) is 32.6 Å². The molecule has 1 aromatic carbocycles. The van der Waals surface area contributed by atoms with Gasteiger partial charge in [0.2, 0.25) is 0 Å². The molecule has 1 N–H and O–H groups in total. The van der Waals surface area contributed by atoms with Crippen LogP contribution in [0.1, 0.15) is 43.0 Å². The normalized spacial score (nSPS) is 10.3. The summed E-state index contributed by atoms with van der Waals surface area (Å²) >= 11 is 5.72. The number of hydrogen-bond donors (Lipinski definition) is 1. The molecule has 0 aliphatic heterocycles. The second-order valence-electron chi connectivity index (χ2n) is 3.55. The highest BCUT2D eigenvalue weighted by atomic mass is 35.5. The molecule has 1 rings (SSSR count). The number of benzene rings is 1. The molecule has 3 heteroatoms. The van der Waals surface area contributed by atoms with E-state index in [0.717, 1.165) is 19.3 Å². The molecule has 82 valence electrons. The van der Waals surface area contributed by atoms with E-state index < -0.39 is 0 Å². The summed E-state index contributed by atoms with van der Waals surface area (Å²) in [6, 6.07) is 4.58. The van der Waals surface area contributed by atoms with Crippen molar-refractivity contribution < 1.29 is 9.90 Å². The predicted octanol–water partition coefficient (Wildman–Crippen LogP) is 3.81. The summed E-state index contributed by atoms with van der Waals surface area (Å²) < 4.78 is 0. The molecule has 0 amide bonds. The highest BCUT2D eigenvalue weighted by molar-refractivity contribution is 6.32. The maximum atomic E-state index is 11.6. The lowest BCUT2D eigenvalue weighted by Crippen LogP contribution is -1.98. The minimum atomic E-state index is 0.0155. The average Bonchev–Trinajstić information content (AvgIpc) is 2.22. The van der Waals surface area contributed by atoms with Gasteiger partial charge in [-0.3, -0.25) is 4.79 Å². The summed E-state index contributed by atoms with van der Waals surface area (Å²) in [6.45, 7) is 2.10. The van der Waals surface area contributed by atoms with Crippen molar-refractivity contribution >= 4 is 17.4 Å². The molecule has 15 heavy (non-hydrogen) atoms. The molecular formula is C12H15ClO2. The Balaban J connectivity index is 2.62. The fraction of sp³-hybridized carbons (Fsp3) is 0.417. The molecule has 0 fully saturated rings. The van der Waals surface area contributed by atoms with E-state index in [-0.39, 0.29) is 16.6 Å². The number of hydrogen-bond acceptors (Lipinski definition) is 2. The maximum Gasteiger partial charge on any atom is 0.162 e. The van der Waals surface area contributed by atoms with Crippen molar-refractivity contribution in [3.8, 4) is 5.75 Å². The molecule has 0 unspecified atom stereocenters. The second kappa shape index (κ2) is 5.76. The summed E-state index contributed by atoms with van der Waals surface area (Å²) in [5.41, 5.74) is 0.578. The second-order valence-corrected chi connectivity index (χ2v) is 3.95. The highest BCUT2D eigenvalue weighted by Gasteiger charge is 2.07. The first-order valence-electron chi connectivity index (χ1n) is 5.17. The Labute approximate surface area is 94.9 Å². The Hall–Kier alpha value is -1.02. The third-order valence-corrected chi connectivity index (χ3v) is 2.58. The van der Waals surface area contributed by atoms with Gasteiger partial charge in [-0.05, 0) is 24.6 Å². The molecule has 0 saturated carbocycles. The standard InChI is InChI=1S/C12H15ClO2/c1-2-3-4-5-11(14)9-6-7-12(15)10(13)8-9/h6-8,15H,2-5H2,1H3. The van der Waals surface area contributed by atoms with Crippen LogP contribution in [0, 0.1) is 0 Å². The molecule has 0 aromatic heterocycles. The van der Waals surface area contributed by atoms with Gasteiger partial charge in [-0.25, -0.2) is 0 Å². The van der Waals surface area contributed by atoms with Gasteiger partial charge in [0, 0.05) is 12.0 Å². The minimum absolute atomic E-state index is 0.0155. The van der Waals surface area contributed by atoms with Crippen LogP contribution >= 0.6 is 11.6 Å². The Kier molecular flexibility index (Phi) is 4.63. The molecule has 0 atom stereocenters. The summed E-state index contributed by atoms with van der Waals surface area (Å²) in [4.78, 5) is 11.6. The molecular weight excluding hydrogens is 212 g/mol. The van der Waals surface area contributed by atoms with E-state index in [1.54, 1.807) is 6.07 Å². The van der Waals surface area contributed by atoms with Crippen LogP contribution in [-0.4, -0.2) is 10.9 Å². The lowest BCUT2D eigenvalue weighted by atomic mass is 10.0. The number of halogens is 1. The number of Topliss-reactive ketones (excluding diaryl/α,β-unsaturated/α-hetero) is 1. The van der Waals surface area contributed by atoms with Crippen molar-refractivity contribution in [2.24, 2.45) is 0 Å². The molecule has 0 radical (unpaired) electrons. The van der Waals surface area contributed by atoms with Gasteiger partial charge in [0.1, 0.15) is 5.75 Å². The molecule has 2 nitrogen and oxygen atoms in total. The number of carbonyl (C=O) groups is 1.